The zero-order chi connectivity index (χ0) is 19.1. The minimum atomic E-state index is -2.12. The third kappa shape index (κ3) is 13.6. The van der Waals surface area contributed by atoms with Gasteiger partial charge in [0.15, 0.2) is 0 Å². The Balaban J connectivity index is 0.00000101. The van der Waals surface area contributed by atoms with Crippen LogP contribution in [-0.2, 0) is 13.1 Å². The molecule has 0 aliphatic carbocycles. The minimum absolute atomic E-state index is 0.864. The van der Waals surface area contributed by atoms with Crippen LogP contribution in [0.3, 0.4) is 0 Å². The second-order valence-corrected chi connectivity index (χ2v) is 12.2. The molecule has 0 saturated carbocycles. The minimum Gasteiger partial charge on any atom is -0.416 e. The normalized spacial score (nSPS) is 25.9. The van der Waals surface area contributed by atoms with Gasteiger partial charge in [0, 0.05) is 19.7 Å². The summed E-state index contributed by atoms with van der Waals surface area (Å²) in [5.74, 6) is 0. The Hall–Kier alpha value is -0.246. The first kappa shape index (κ1) is 24.8. The van der Waals surface area contributed by atoms with Gasteiger partial charge in [0.1, 0.15) is 0 Å². The van der Waals surface area contributed by atoms with Gasteiger partial charge in [0.05, 0.1) is 0 Å². The summed E-state index contributed by atoms with van der Waals surface area (Å²) in [5.41, 5.74) is 1.02. The Morgan fingerprint density at radius 2 is 1.68 bits per heavy atom. The van der Waals surface area contributed by atoms with Crippen molar-refractivity contribution < 1.29 is 13.1 Å². The first-order chi connectivity index (χ1) is 11.9. The molecule has 6 heteroatoms. The fourth-order valence-corrected chi connectivity index (χ4v) is 8.65. The van der Waals surface area contributed by atoms with E-state index in [0.717, 1.165) is 31.3 Å². The maximum Gasteiger partial charge on any atom is 0.346 e. The van der Waals surface area contributed by atoms with Gasteiger partial charge in [-0.1, -0.05) is 70.8 Å². The Morgan fingerprint density at radius 3 is 2.20 bits per heavy atom. The van der Waals surface area contributed by atoms with Crippen LogP contribution in [0, 0.1) is 0 Å². The number of hydrogen-bond donors (Lipinski definition) is 0. The molecule has 1 saturated heterocycles. The molecule has 0 bridgehead atoms. The van der Waals surface area contributed by atoms with E-state index in [1.807, 2.05) is 12.0 Å². The van der Waals surface area contributed by atoms with Gasteiger partial charge in [0.25, 0.3) is 0 Å². The van der Waals surface area contributed by atoms with Gasteiger partial charge in [-0.25, -0.2) is 0 Å². The lowest BCUT2D eigenvalue weighted by molar-refractivity contribution is -0.0772. The lowest BCUT2D eigenvalue weighted by Gasteiger charge is -2.34. The van der Waals surface area contributed by atoms with Crippen molar-refractivity contribution in [1.82, 2.24) is 5.06 Å². The van der Waals surface area contributed by atoms with Gasteiger partial charge in [-0.05, 0) is 32.5 Å². The molecule has 0 spiro atoms. The summed E-state index contributed by atoms with van der Waals surface area (Å²) >= 11 is 0. The van der Waals surface area contributed by atoms with Crippen LogP contribution >= 0.6 is 0 Å². The maximum absolute atomic E-state index is 6.34. The Morgan fingerprint density at radius 1 is 1.16 bits per heavy atom. The summed E-state index contributed by atoms with van der Waals surface area (Å²) in [7, 11) is -3.67. The highest BCUT2D eigenvalue weighted by molar-refractivity contribution is 6.72. The van der Waals surface area contributed by atoms with Gasteiger partial charge in [-0.15, -0.1) is 0 Å². The predicted molar refractivity (Wildman–Crippen MR) is 113 cm³/mol. The van der Waals surface area contributed by atoms with Crippen LogP contribution in [-0.4, -0.2) is 42.6 Å². The molecule has 2 atom stereocenters. The van der Waals surface area contributed by atoms with Gasteiger partial charge in [-0.2, -0.15) is 5.06 Å². The molecule has 0 aromatic rings. The van der Waals surface area contributed by atoms with Crippen molar-refractivity contribution in [2.45, 2.75) is 78.4 Å². The molecule has 1 aliphatic rings. The van der Waals surface area contributed by atoms with Crippen LogP contribution in [0.25, 0.3) is 0 Å². The summed E-state index contributed by atoms with van der Waals surface area (Å²) in [4.78, 5) is 0. The second kappa shape index (κ2) is 14.9. The summed E-state index contributed by atoms with van der Waals surface area (Å²) in [5, 5.41) is 2.04. The molecule has 0 amide bonds. The molecule has 2 unspecified atom stereocenters. The van der Waals surface area contributed by atoms with E-state index >= 15 is 0 Å². The topological polar surface area (TPSA) is 30.9 Å². The highest BCUT2D eigenvalue weighted by Crippen LogP contribution is 2.22. The van der Waals surface area contributed by atoms with E-state index in [1.165, 1.54) is 38.5 Å². The van der Waals surface area contributed by atoms with Crippen molar-refractivity contribution in [3.63, 3.8) is 0 Å². The standard InChI is InChI=1S/C14H33NO3Si2.C5H8/c1-5-15(6-2)17-20(4)14-12-10-8-7-9-11-13-16-19(3)18-20;1-4-5(2)3/h19H,5-14H2,1-4H3;4H,1-2H2,3H3. The molecule has 1 heterocycles. The van der Waals surface area contributed by atoms with Crippen LogP contribution in [0.2, 0.25) is 19.1 Å². The third-order valence-corrected chi connectivity index (χ3v) is 10.1. The van der Waals surface area contributed by atoms with Crippen LogP contribution in [0.4, 0.5) is 0 Å². The first-order valence-electron chi connectivity index (χ1n) is 9.88. The largest absolute Gasteiger partial charge is 0.416 e. The number of allylic oxidation sites excluding steroid dienone is 2. The number of nitrogens with zero attached hydrogens (tertiary/aromatic N) is 1. The smallest absolute Gasteiger partial charge is 0.346 e. The van der Waals surface area contributed by atoms with E-state index in [9.17, 15) is 0 Å². The average Bonchev–Trinajstić information content (AvgIpc) is 2.57. The molecule has 1 fully saturated rings. The van der Waals surface area contributed by atoms with Crippen LogP contribution in [0.5, 0.6) is 0 Å². The van der Waals surface area contributed by atoms with E-state index in [2.05, 4.69) is 40.1 Å². The van der Waals surface area contributed by atoms with Crippen molar-refractivity contribution in [3.05, 3.63) is 24.8 Å². The Labute approximate surface area is 159 Å². The lowest BCUT2D eigenvalue weighted by Crippen LogP contribution is -2.48. The van der Waals surface area contributed by atoms with E-state index in [-0.39, 0.29) is 0 Å². The molecular weight excluding hydrogens is 346 g/mol. The fourth-order valence-electron chi connectivity index (χ4n) is 2.64. The van der Waals surface area contributed by atoms with Crippen LogP contribution in [0.1, 0.15) is 59.3 Å². The predicted octanol–water partition coefficient (Wildman–Crippen LogP) is 5.32. The molecule has 148 valence electrons. The number of rotatable bonds is 5. The molecule has 4 nitrogen and oxygen atoms in total. The average molecular weight is 388 g/mol. The van der Waals surface area contributed by atoms with Crippen molar-refractivity contribution in [2.24, 2.45) is 0 Å². The van der Waals surface area contributed by atoms with Gasteiger partial charge in [-0.3, -0.25) is 0 Å². The third-order valence-electron chi connectivity index (χ3n) is 4.17. The van der Waals surface area contributed by atoms with Crippen molar-refractivity contribution in [2.75, 3.05) is 19.7 Å². The Kier molecular flexibility index (Phi) is 14.7. The zero-order valence-corrected chi connectivity index (χ0v) is 19.5. The molecule has 0 N–H and O–H groups in total. The van der Waals surface area contributed by atoms with Crippen molar-refractivity contribution in [1.29, 1.82) is 0 Å². The van der Waals surface area contributed by atoms with E-state index in [1.54, 1.807) is 6.08 Å². The van der Waals surface area contributed by atoms with E-state index < -0.39 is 17.8 Å². The molecule has 1 aliphatic heterocycles. The molecule has 0 aromatic carbocycles. The van der Waals surface area contributed by atoms with E-state index in [4.69, 9.17) is 13.1 Å². The highest BCUT2D eigenvalue weighted by Gasteiger charge is 2.36. The molecule has 25 heavy (non-hydrogen) atoms. The summed E-state index contributed by atoms with van der Waals surface area (Å²) in [6.45, 7) is 20.2. The summed E-state index contributed by atoms with van der Waals surface area (Å²) in [6, 6.07) is 1.09. The Bertz CT molecular complexity index is 365. The monoisotopic (exact) mass is 387 g/mol. The zero-order valence-electron chi connectivity index (χ0n) is 17.3. The first-order valence-corrected chi connectivity index (χ1v) is 14.5. The van der Waals surface area contributed by atoms with Gasteiger partial charge < -0.3 is 13.1 Å². The molecule has 0 aromatic heterocycles. The van der Waals surface area contributed by atoms with Crippen LogP contribution < -0.4 is 0 Å². The van der Waals surface area contributed by atoms with Crippen LogP contribution in [0.15, 0.2) is 24.8 Å². The van der Waals surface area contributed by atoms with Gasteiger partial charge >= 0.3 is 17.8 Å². The molecular formula is C19H41NO3Si2. The van der Waals surface area contributed by atoms with Gasteiger partial charge in [0.2, 0.25) is 0 Å². The quantitative estimate of drug-likeness (QED) is 0.363. The van der Waals surface area contributed by atoms with Crippen molar-refractivity contribution in [3.8, 4) is 0 Å². The summed E-state index contributed by atoms with van der Waals surface area (Å²) < 4.78 is 18.5. The number of hydrogen-bond acceptors (Lipinski definition) is 4. The summed E-state index contributed by atoms with van der Waals surface area (Å²) in [6.07, 6.45) is 9.41. The van der Waals surface area contributed by atoms with E-state index in [0.29, 0.717) is 0 Å². The molecule has 1 rings (SSSR count). The molecule has 0 radical (unpaired) electrons. The van der Waals surface area contributed by atoms with Crippen molar-refractivity contribution >= 4 is 17.8 Å². The lowest BCUT2D eigenvalue weighted by atomic mass is 10.1. The fraction of sp³-hybridized carbons (Fsp3) is 0.789. The number of hydroxylamine groups is 2. The SMILES string of the molecule is C=CC(=C)C.CCN(CC)O[Si]1(C)CCCCCCCCO[SiH](C)O1. The second-order valence-electron chi connectivity index (χ2n) is 6.82. The highest BCUT2D eigenvalue weighted by atomic mass is 28.4. The maximum atomic E-state index is 6.34.